The molecule has 0 saturated heterocycles. The maximum atomic E-state index is 12.6. The number of ether oxygens (including phenoxy) is 1. The predicted octanol–water partition coefficient (Wildman–Crippen LogP) is 3.44. The summed E-state index contributed by atoms with van der Waals surface area (Å²) in [5.74, 6) is 0.114. The normalized spacial score (nSPS) is 18.3. The molecule has 116 valence electrons. The van der Waals surface area contributed by atoms with E-state index in [2.05, 4.69) is 13.8 Å². The Kier molecular flexibility index (Phi) is 4.45. The van der Waals surface area contributed by atoms with E-state index in [1.807, 2.05) is 7.05 Å². The van der Waals surface area contributed by atoms with Crippen LogP contribution >= 0.6 is 0 Å². The number of phenols is 1. The van der Waals surface area contributed by atoms with Crippen LogP contribution in [-0.2, 0) is 0 Å². The van der Waals surface area contributed by atoms with E-state index in [0.29, 0.717) is 16.7 Å². The molecule has 0 atom stereocenters. The Morgan fingerprint density at radius 2 is 1.95 bits per heavy atom. The Morgan fingerprint density at radius 1 is 1.33 bits per heavy atom. The molecule has 0 aromatic heterocycles. The van der Waals surface area contributed by atoms with E-state index in [4.69, 9.17) is 4.74 Å². The SMILES string of the molecule is COc1cccc(C(=O)N(C)C2CCC(C)(C)CC2)c1O. The number of amides is 1. The Morgan fingerprint density at radius 3 is 2.52 bits per heavy atom. The van der Waals surface area contributed by atoms with Crippen molar-refractivity contribution in [2.24, 2.45) is 5.41 Å². The van der Waals surface area contributed by atoms with E-state index >= 15 is 0 Å². The smallest absolute Gasteiger partial charge is 0.257 e. The first kappa shape index (κ1) is 15.7. The minimum atomic E-state index is -0.142. The minimum absolute atomic E-state index is 0.0759. The molecule has 21 heavy (non-hydrogen) atoms. The summed E-state index contributed by atoms with van der Waals surface area (Å²) in [5.41, 5.74) is 0.681. The average molecular weight is 291 g/mol. The summed E-state index contributed by atoms with van der Waals surface area (Å²) in [7, 11) is 3.31. The van der Waals surface area contributed by atoms with Gasteiger partial charge in [-0.1, -0.05) is 19.9 Å². The van der Waals surface area contributed by atoms with Gasteiger partial charge in [-0.3, -0.25) is 4.79 Å². The van der Waals surface area contributed by atoms with E-state index in [-0.39, 0.29) is 17.7 Å². The van der Waals surface area contributed by atoms with Crippen LogP contribution in [0.2, 0.25) is 0 Å². The van der Waals surface area contributed by atoms with Crippen molar-refractivity contribution < 1.29 is 14.6 Å². The molecule has 0 bridgehead atoms. The molecule has 0 heterocycles. The number of phenolic OH excluding ortho intramolecular Hbond substituents is 1. The number of rotatable bonds is 3. The molecule has 1 amide bonds. The maximum Gasteiger partial charge on any atom is 0.257 e. The van der Waals surface area contributed by atoms with Gasteiger partial charge in [0.25, 0.3) is 5.91 Å². The van der Waals surface area contributed by atoms with E-state index in [9.17, 15) is 9.90 Å². The van der Waals surface area contributed by atoms with Gasteiger partial charge in [0.1, 0.15) is 0 Å². The number of para-hydroxylation sites is 1. The minimum Gasteiger partial charge on any atom is -0.504 e. The van der Waals surface area contributed by atoms with Crippen LogP contribution in [0.5, 0.6) is 11.5 Å². The summed E-state index contributed by atoms with van der Waals surface area (Å²) in [5, 5.41) is 10.1. The number of carbonyl (C=O) groups is 1. The Labute approximate surface area is 126 Å². The van der Waals surface area contributed by atoms with Crippen molar-refractivity contribution in [3.05, 3.63) is 23.8 Å². The van der Waals surface area contributed by atoms with Crippen molar-refractivity contribution in [1.29, 1.82) is 0 Å². The first-order valence-electron chi connectivity index (χ1n) is 7.49. The lowest BCUT2D eigenvalue weighted by molar-refractivity contribution is 0.0632. The fraction of sp³-hybridized carbons (Fsp3) is 0.588. The second-order valence-corrected chi connectivity index (χ2v) is 6.67. The molecule has 1 N–H and O–H groups in total. The van der Waals surface area contributed by atoms with Crippen molar-refractivity contribution in [3.63, 3.8) is 0 Å². The van der Waals surface area contributed by atoms with E-state index < -0.39 is 0 Å². The third kappa shape index (κ3) is 3.31. The van der Waals surface area contributed by atoms with Crippen LogP contribution in [0.15, 0.2) is 18.2 Å². The third-order valence-electron chi connectivity index (χ3n) is 4.63. The molecule has 1 aliphatic rings. The van der Waals surface area contributed by atoms with Gasteiger partial charge in [0.2, 0.25) is 0 Å². The van der Waals surface area contributed by atoms with Gasteiger partial charge < -0.3 is 14.7 Å². The number of methoxy groups -OCH3 is 1. The number of nitrogens with zero attached hydrogens (tertiary/aromatic N) is 1. The highest BCUT2D eigenvalue weighted by atomic mass is 16.5. The van der Waals surface area contributed by atoms with Crippen LogP contribution in [0, 0.1) is 5.41 Å². The number of hydrogen-bond acceptors (Lipinski definition) is 3. The Bertz CT molecular complexity index is 515. The van der Waals surface area contributed by atoms with Gasteiger partial charge in [0.15, 0.2) is 11.5 Å². The topological polar surface area (TPSA) is 49.8 Å². The first-order chi connectivity index (χ1) is 9.85. The standard InChI is InChI=1S/C17H25NO3/c1-17(2)10-8-12(9-11-17)18(3)16(20)13-6-5-7-14(21-4)15(13)19/h5-7,12,19H,8-11H2,1-4H3. The monoisotopic (exact) mass is 291 g/mol. The van der Waals surface area contributed by atoms with E-state index in [1.165, 1.54) is 7.11 Å². The second-order valence-electron chi connectivity index (χ2n) is 6.67. The molecule has 1 aliphatic carbocycles. The molecule has 1 fully saturated rings. The predicted molar refractivity (Wildman–Crippen MR) is 82.8 cm³/mol. The Hall–Kier alpha value is -1.71. The lowest BCUT2D eigenvalue weighted by Gasteiger charge is -2.38. The molecule has 0 aliphatic heterocycles. The van der Waals surface area contributed by atoms with Crippen LogP contribution in [0.3, 0.4) is 0 Å². The maximum absolute atomic E-state index is 12.6. The van der Waals surface area contributed by atoms with Crippen LogP contribution in [0.4, 0.5) is 0 Å². The zero-order valence-corrected chi connectivity index (χ0v) is 13.3. The molecular formula is C17H25NO3. The summed E-state index contributed by atoms with van der Waals surface area (Å²) >= 11 is 0. The van der Waals surface area contributed by atoms with Gasteiger partial charge >= 0.3 is 0 Å². The number of carbonyl (C=O) groups excluding carboxylic acids is 1. The van der Waals surface area contributed by atoms with E-state index in [1.54, 1.807) is 23.1 Å². The largest absolute Gasteiger partial charge is 0.504 e. The van der Waals surface area contributed by atoms with Crippen molar-refractivity contribution in [2.45, 2.75) is 45.6 Å². The average Bonchev–Trinajstić information content (AvgIpc) is 2.46. The molecule has 4 heteroatoms. The summed E-state index contributed by atoms with van der Waals surface area (Å²) in [6, 6.07) is 5.26. The molecule has 1 aromatic carbocycles. The van der Waals surface area contributed by atoms with Gasteiger partial charge in [-0.25, -0.2) is 0 Å². The van der Waals surface area contributed by atoms with Crippen molar-refractivity contribution in [1.82, 2.24) is 4.90 Å². The van der Waals surface area contributed by atoms with Crippen molar-refractivity contribution in [2.75, 3.05) is 14.2 Å². The summed E-state index contributed by atoms with van der Waals surface area (Å²) < 4.78 is 5.07. The lowest BCUT2D eigenvalue weighted by Crippen LogP contribution is -2.40. The van der Waals surface area contributed by atoms with Gasteiger partial charge in [-0.05, 0) is 43.2 Å². The summed E-state index contributed by atoms with van der Waals surface area (Å²) in [6.07, 6.45) is 4.28. The van der Waals surface area contributed by atoms with Crippen LogP contribution in [0.25, 0.3) is 0 Å². The second kappa shape index (κ2) is 5.96. The van der Waals surface area contributed by atoms with Crippen LogP contribution in [-0.4, -0.2) is 36.1 Å². The zero-order valence-electron chi connectivity index (χ0n) is 13.3. The molecule has 2 rings (SSSR count). The number of benzene rings is 1. The lowest BCUT2D eigenvalue weighted by atomic mass is 9.75. The zero-order chi connectivity index (χ0) is 15.6. The van der Waals surface area contributed by atoms with E-state index in [0.717, 1.165) is 25.7 Å². The molecule has 0 radical (unpaired) electrons. The molecule has 1 saturated carbocycles. The van der Waals surface area contributed by atoms with Crippen LogP contribution < -0.4 is 4.74 Å². The first-order valence-corrected chi connectivity index (χ1v) is 7.49. The van der Waals surface area contributed by atoms with Gasteiger partial charge in [-0.2, -0.15) is 0 Å². The summed E-state index contributed by atoms with van der Waals surface area (Å²) in [6.45, 7) is 4.55. The molecular weight excluding hydrogens is 266 g/mol. The fourth-order valence-corrected chi connectivity index (χ4v) is 2.99. The quantitative estimate of drug-likeness (QED) is 0.928. The van der Waals surface area contributed by atoms with Crippen molar-refractivity contribution in [3.8, 4) is 11.5 Å². The molecule has 0 spiro atoms. The highest BCUT2D eigenvalue weighted by molar-refractivity contribution is 5.97. The van der Waals surface area contributed by atoms with Gasteiger partial charge in [-0.15, -0.1) is 0 Å². The Balaban J connectivity index is 2.13. The van der Waals surface area contributed by atoms with Gasteiger partial charge in [0.05, 0.1) is 12.7 Å². The van der Waals surface area contributed by atoms with Crippen molar-refractivity contribution >= 4 is 5.91 Å². The molecule has 0 unspecified atom stereocenters. The third-order valence-corrected chi connectivity index (χ3v) is 4.63. The number of hydrogen-bond donors (Lipinski definition) is 1. The molecule has 1 aromatic rings. The highest BCUT2D eigenvalue weighted by Crippen LogP contribution is 2.37. The van der Waals surface area contributed by atoms with Gasteiger partial charge in [0, 0.05) is 13.1 Å². The number of aromatic hydroxyl groups is 1. The highest BCUT2D eigenvalue weighted by Gasteiger charge is 2.31. The fourth-order valence-electron chi connectivity index (χ4n) is 2.99. The van der Waals surface area contributed by atoms with Crippen LogP contribution in [0.1, 0.15) is 49.9 Å². The molecule has 4 nitrogen and oxygen atoms in total. The summed E-state index contributed by atoms with van der Waals surface area (Å²) in [4.78, 5) is 14.4.